The minimum absolute atomic E-state index is 0.237. The summed E-state index contributed by atoms with van der Waals surface area (Å²) < 4.78 is 43.1. The molecule has 1 aromatic heterocycles. The van der Waals surface area contributed by atoms with Crippen LogP contribution in [0.15, 0.2) is 33.2 Å². The van der Waals surface area contributed by atoms with Gasteiger partial charge in [-0.2, -0.15) is 13.2 Å². The van der Waals surface area contributed by atoms with Crippen molar-refractivity contribution < 1.29 is 27.5 Å². The van der Waals surface area contributed by atoms with Gasteiger partial charge in [-0.05, 0) is 28.1 Å². The first kappa shape index (κ1) is 13.6. The number of aromatic nitrogens is 1. The van der Waals surface area contributed by atoms with Gasteiger partial charge in [-0.1, -0.05) is 12.1 Å². The van der Waals surface area contributed by atoms with Gasteiger partial charge in [-0.15, -0.1) is 0 Å². The number of carbonyl (C=O) groups is 1. The van der Waals surface area contributed by atoms with E-state index in [-0.39, 0.29) is 5.56 Å². The van der Waals surface area contributed by atoms with E-state index in [1.54, 1.807) is 18.2 Å². The van der Waals surface area contributed by atoms with E-state index in [2.05, 4.69) is 20.9 Å². The summed E-state index contributed by atoms with van der Waals surface area (Å²) in [6, 6.07) is 6.26. The number of rotatable bonds is 2. The molecule has 0 radical (unpaired) electrons. The highest BCUT2D eigenvalue weighted by Crippen LogP contribution is 2.36. The Morgan fingerprint density at radius 3 is 2.42 bits per heavy atom. The smallest absolute Gasteiger partial charge is 0.437 e. The van der Waals surface area contributed by atoms with Crippen molar-refractivity contribution in [2.45, 2.75) is 6.18 Å². The molecule has 8 heteroatoms. The minimum atomic E-state index is -4.89. The number of alkyl halides is 3. The Balaban J connectivity index is 2.62. The van der Waals surface area contributed by atoms with Crippen LogP contribution in [0.2, 0.25) is 0 Å². The van der Waals surface area contributed by atoms with Crippen LogP contribution >= 0.6 is 15.9 Å². The Bertz CT molecular complexity index is 636. The standard InChI is InChI=1S/C11H5BrF3NO3/c12-6-4-2-1-3-5(6)9-16-8(11(13,14)15)7(19-9)10(17)18/h1-4H,(H,17,18). The van der Waals surface area contributed by atoms with Crippen LogP contribution in [-0.4, -0.2) is 16.1 Å². The van der Waals surface area contributed by atoms with E-state index in [4.69, 9.17) is 9.52 Å². The van der Waals surface area contributed by atoms with E-state index in [1.807, 2.05) is 0 Å². The molecule has 2 aromatic rings. The van der Waals surface area contributed by atoms with Crippen LogP contribution in [0, 0.1) is 0 Å². The fraction of sp³-hybridized carbons (Fsp3) is 0.0909. The lowest BCUT2D eigenvalue weighted by Gasteiger charge is -2.01. The van der Waals surface area contributed by atoms with Crippen LogP contribution in [0.25, 0.3) is 11.5 Å². The average molecular weight is 336 g/mol. The molecule has 0 unspecified atom stereocenters. The van der Waals surface area contributed by atoms with Crippen molar-refractivity contribution in [1.82, 2.24) is 4.98 Å². The molecule has 1 N–H and O–H groups in total. The van der Waals surface area contributed by atoms with Gasteiger partial charge in [0.15, 0.2) is 5.69 Å². The van der Waals surface area contributed by atoms with Crippen LogP contribution in [0.1, 0.15) is 16.2 Å². The SMILES string of the molecule is O=C(O)c1oc(-c2ccccc2Br)nc1C(F)(F)F. The normalized spacial score (nSPS) is 11.6. The first-order valence-electron chi connectivity index (χ1n) is 4.87. The number of oxazole rings is 1. The summed E-state index contributed by atoms with van der Waals surface area (Å²) in [5.74, 6) is -3.45. The Kier molecular flexibility index (Phi) is 3.36. The van der Waals surface area contributed by atoms with Gasteiger partial charge in [-0.25, -0.2) is 9.78 Å². The summed E-state index contributed by atoms with van der Waals surface area (Å²) in [6.45, 7) is 0. The highest BCUT2D eigenvalue weighted by atomic mass is 79.9. The van der Waals surface area contributed by atoms with Crippen molar-refractivity contribution >= 4 is 21.9 Å². The lowest BCUT2D eigenvalue weighted by atomic mass is 10.2. The fourth-order valence-corrected chi connectivity index (χ4v) is 1.86. The molecule has 0 bridgehead atoms. The minimum Gasteiger partial charge on any atom is -0.475 e. The van der Waals surface area contributed by atoms with Gasteiger partial charge in [0.2, 0.25) is 11.7 Å². The Labute approximate surface area is 113 Å². The zero-order valence-electron chi connectivity index (χ0n) is 9.03. The molecule has 0 atom stereocenters. The predicted octanol–water partition coefficient (Wildman–Crippen LogP) is 3.82. The maximum absolute atomic E-state index is 12.6. The molecule has 0 saturated heterocycles. The molecule has 0 aliphatic rings. The van der Waals surface area contributed by atoms with Crippen molar-refractivity contribution in [3.05, 3.63) is 40.2 Å². The third-order valence-electron chi connectivity index (χ3n) is 2.19. The van der Waals surface area contributed by atoms with E-state index in [0.29, 0.717) is 4.47 Å². The monoisotopic (exact) mass is 335 g/mol. The molecular formula is C11H5BrF3NO3. The van der Waals surface area contributed by atoms with Gasteiger partial charge < -0.3 is 9.52 Å². The summed E-state index contributed by atoms with van der Waals surface area (Å²) in [5, 5.41) is 8.71. The zero-order chi connectivity index (χ0) is 14.2. The second-order valence-electron chi connectivity index (χ2n) is 3.48. The van der Waals surface area contributed by atoms with Crippen LogP contribution in [-0.2, 0) is 6.18 Å². The maximum atomic E-state index is 12.6. The number of hydrogen-bond acceptors (Lipinski definition) is 3. The van der Waals surface area contributed by atoms with Gasteiger partial charge in [0, 0.05) is 4.47 Å². The molecule has 0 spiro atoms. The highest BCUT2D eigenvalue weighted by molar-refractivity contribution is 9.10. The third-order valence-corrected chi connectivity index (χ3v) is 2.89. The second kappa shape index (κ2) is 4.69. The molecule has 1 aromatic carbocycles. The summed E-state index contributed by atoms with van der Waals surface area (Å²) >= 11 is 3.13. The van der Waals surface area contributed by atoms with Crippen LogP contribution in [0.5, 0.6) is 0 Å². The quantitative estimate of drug-likeness (QED) is 0.906. The van der Waals surface area contributed by atoms with Gasteiger partial charge in [0.1, 0.15) is 0 Å². The second-order valence-corrected chi connectivity index (χ2v) is 4.33. The number of aromatic carboxylic acids is 1. The molecule has 2 rings (SSSR count). The van der Waals surface area contributed by atoms with E-state index < -0.39 is 29.5 Å². The molecule has 0 saturated carbocycles. The lowest BCUT2D eigenvalue weighted by molar-refractivity contribution is -0.141. The van der Waals surface area contributed by atoms with E-state index in [9.17, 15) is 18.0 Å². The largest absolute Gasteiger partial charge is 0.475 e. The summed E-state index contributed by atoms with van der Waals surface area (Å²) in [5.41, 5.74) is -1.31. The Morgan fingerprint density at radius 2 is 1.95 bits per heavy atom. The third kappa shape index (κ3) is 2.62. The van der Waals surface area contributed by atoms with E-state index >= 15 is 0 Å². The first-order chi connectivity index (χ1) is 8.80. The molecular weight excluding hydrogens is 331 g/mol. The Morgan fingerprint density at radius 1 is 1.32 bits per heavy atom. The Hall–Kier alpha value is -1.83. The van der Waals surface area contributed by atoms with Gasteiger partial charge in [-0.3, -0.25) is 0 Å². The van der Waals surface area contributed by atoms with Crippen molar-refractivity contribution in [2.24, 2.45) is 0 Å². The van der Waals surface area contributed by atoms with Crippen LogP contribution < -0.4 is 0 Å². The summed E-state index contributed by atoms with van der Waals surface area (Å²) in [4.78, 5) is 14.0. The molecule has 0 aliphatic carbocycles. The molecule has 0 aliphatic heterocycles. The van der Waals surface area contributed by atoms with Crippen molar-refractivity contribution in [1.29, 1.82) is 0 Å². The lowest BCUT2D eigenvalue weighted by Crippen LogP contribution is -2.11. The molecule has 0 fully saturated rings. The van der Waals surface area contributed by atoms with E-state index in [1.165, 1.54) is 6.07 Å². The number of carboxylic acids is 1. The molecule has 1 heterocycles. The number of nitrogens with zero attached hydrogens (tertiary/aromatic N) is 1. The van der Waals surface area contributed by atoms with Gasteiger partial charge in [0.25, 0.3) is 0 Å². The van der Waals surface area contributed by atoms with Crippen molar-refractivity contribution in [3.8, 4) is 11.5 Å². The number of benzene rings is 1. The summed E-state index contributed by atoms with van der Waals surface area (Å²) in [7, 11) is 0. The molecule has 0 amide bonds. The van der Waals surface area contributed by atoms with E-state index in [0.717, 1.165) is 0 Å². The number of hydrogen-bond donors (Lipinski definition) is 1. The van der Waals surface area contributed by atoms with Crippen LogP contribution in [0.3, 0.4) is 0 Å². The van der Waals surface area contributed by atoms with Crippen molar-refractivity contribution in [2.75, 3.05) is 0 Å². The molecule has 4 nitrogen and oxygen atoms in total. The molecule has 100 valence electrons. The first-order valence-corrected chi connectivity index (χ1v) is 5.66. The maximum Gasteiger partial charge on any atom is 0.437 e. The van der Waals surface area contributed by atoms with Gasteiger partial charge >= 0.3 is 12.1 Å². The molecule has 19 heavy (non-hydrogen) atoms. The summed E-state index contributed by atoms with van der Waals surface area (Å²) in [6.07, 6.45) is -4.89. The average Bonchev–Trinajstić information content (AvgIpc) is 2.74. The van der Waals surface area contributed by atoms with Gasteiger partial charge in [0.05, 0.1) is 5.56 Å². The topological polar surface area (TPSA) is 63.3 Å². The predicted molar refractivity (Wildman–Crippen MR) is 61.6 cm³/mol. The zero-order valence-corrected chi connectivity index (χ0v) is 10.6. The number of halogens is 4. The van der Waals surface area contributed by atoms with Crippen molar-refractivity contribution in [3.63, 3.8) is 0 Å². The fourth-order valence-electron chi connectivity index (χ4n) is 1.41. The number of carboxylic acid groups (broad SMARTS) is 1. The van der Waals surface area contributed by atoms with Crippen LogP contribution in [0.4, 0.5) is 13.2 Å². The highest BCUT2D eigenvalue weighted by Gasteiger charge is 2.41.